The lowest BCUT2D eigenvalue weighted by Crippen LogP contribution is -2.56. The largest absolute Gasteiger partial charge is 0.340 e. The number of nitrogens with one attached hydrogen (secondary N) is 1. The van der Waals surface area contributed by atoms with Crippen LogP contribution in [0.25, 0.3) is 0 Å². The highest BCUT2D eigenvalue weighted by Crippen LogP contribution is 2.32. The first kappa shape index (κ1) is 21.8. The van der Waals surface area contributed by atoms with Crippen LogP contribution >= 0.6 is 0 Å². The Hall–Kier alpha value is -2.41. The molecular weight excluding hydrogens is 392 g/mol. The number of amides is 4. The highest BCUT2D eigenvalue weighted by atomic mass is 16.2. The number of hydrogen-bond donors (Lipinski definition) is 1. The summed E-state index contributed by atoms with van der Waals surface area (Å²) in [6.07, 6.45) is 4.34. The number of benzene rings is 1. The summed E-state index contributed by atoms with van der Waals surface area (Å²) in [5.41, 5.74) is 1.38. The van der Waals surface area contributed by atoms with Gasteiger partial charge in [0.1, 0.15) is 5.54 Å². The summed E-state index contributed by atoms with van der Waals surface area (Å²) in [6.45, 7) is 7.98. The van der Waals surface area contributed by atoms with Crippen molar-refractivity contribution in [1.82, 2.24) is 20.0 Å². The fourth-order valence-electron chi connectivity index (χ4n) is 5.26. The third-order valence-electron chi connectivity index (χ3n) is 7.16. The quantitative estimate of drug-likeness (QED) is 0.734. The average Bonchev–Trinajstić information content (AvgIpc) is 3.01. The van der Waals surface area contributed by atoms with E-state index in [4.69, 9.17) is 0 Å². The lowest BCUT2D eigenvalue weighted by atomic mass is 9.87. The first-order valence-corrected chi connectivity index (χ1v) is 11.6. The first-order valence-electron chi connectivity index (χ1n) is 11.6. The van der Waals surface area contributed by atoms with E-state index < -0.39 is 5.54 Å². The van der Waals surface area contributed by atoms with Crippen molar-refractivity contribution in [3.8, 4) is 0 Å². The minimum Gasteiger partial charge on any atom is -0.340 e. The van der Waals surface area contributed by atoms with Crippen molar-refractivity contribution >= 4 is 17.8 Å². The number of carbonyl (C=O) groups is 3. The topological polar surface area (TPSA) is 73.0 Å². The highest BCUT2D eigenvalue weighted by Gasteiger charge is 2.54. The molecule has 4 amide bonds. The van der Waals surface area contributed by atoms with Gasteiger partial charge in [-0.05, 0) is 56.7 Å². The maximum atomic E-state index is 13.4. The molecule has 0 bridgehead atoms. The van der Waals surface area contributed by atoms with Gasteiger partial charge in [0, 0.05) is 26.2 Å². The van der Waals surface area contributed by atoms with Crippen LogP contribution in [0.3, 0.4) is 0 Å². The summed E-state index contributed by atoms with van der Waals surface area (Å²) >= 11 is 0. The van der Waals surface area contributed by atoms with E-state index in [0.29, 0.717) is 32.4 Å². The molecule has 0 radical (unpaired) electrons. The second-order valence-corrected chi connectivity index (χ2v) is 9.27. The zero-order valence-corrected chi connectivity index (χ0v) is 18.7. The molecule has 1 N–H and O–H groups in total. The third-order valence-corrected chi connectivity index (χ3v) is 7.16. The fourth-order valence-corrected chi connectivity index (χ4v) is 5.26. The molecule has 31 heavy (non-hydrogen) atoms. The fraction of sp³-hybridized carbons (Fsp3) is 0.625. The number of hydrogen-bond acceptors (Lipinski definition) is 4. The van der Waals surface area contributed by atoms with Crippen molar-refractivity contribution in [2.45, 2.75) is 64.0 Å². The molecule has 0 saturated carbocycles. The Bertz CT molecular complexity index is 847. The van der Waals surface area contributed by atoms with Crippen LogP contribution in [0.5, 0.6) is 0 Å². The number of urea groups is 1. The van der Waals surface area contributed by atoms with Gasteiger partial charge in [0.2, 0.25) is 5.91 Å². The van der Waals surface area contributed by atoms with Crippen molar-refractivity contribution in [3.63, 3.8) is 0 Å². The molecule has 3 aliphatic rings. The van der Waals surface area contributed by atoms with E-state index in [0.717, 1.165) is 50.0 Å². The Kier molecular flexibility index (Phi) is 6.32. The van der Waals surface area contributed by atoms with Gasteiger partial charge in [-0.3, -0.25) is 14.5 Å². The van der Waals surface area contributed by atoms with E-state index in [2.05, 4.69) is 17.1 Å². The van der Waals surface area contributed by atoms with Crippen LogP contribution < -0.4 is 5.32 Å². The minimum absolute atomic E-state index is 0.0636. The second kappa shape index (κ2) is 8.99. The lowest BCUT2D eigenvalue weighted by Gasteiger charge is -2.39. The van der Waals surface area contributed by atoms with Gasteiger partial charge in [-0.2, -0.15) is 0 Å². The van der Waals surface area contributed by atoms with Crippen molar-refractivity contribution in [2.24, 2.45) is 0 Å². The van der Waals surface area contributed by atoms with Crippen molar-refractivity contribution in [1.29, 1.82) is 0 Å². The van der Waals surface area contributed by atoms with Crippen molar-refractivity contribution in [3.05, 3.63) is 35.4 Å². The smallest absolute Gasteiger partial charge is 0.325 e. The number of rotatable bonds is 5. The zero-order chi connectivity index (χ0) is 22.0. The third kappa shape index (κ3) is 4.33. The molecule has 1 spiro atoms. The Labute approximate surface area is 184 Å². The lowest BCUT2D eigenvalue weighted by molar-refractivity contribution is -0.138. The molecule has 3 fully saturated rings. The van der Waals surface area contributed by atoms with Gasteiger partial charge in [-0.15, -0.1) is 0 Å². The molecule has 7 heteroatoms. The normalized spacial score (nSPS) is 24.0. The molecule has 0 aliphatic carbocycles. The average molecular weight is 427 g/mol. The van der Waals surface area contributed by atoms with Gasteiger partial charge >= 0.3 is 6.03 Å². The molecule has 1 atom stereocenters. The van der Waals surface area contributed by atoms with E-state index in [1.807, 2.05) is 36.1 Å². The molecule has 1 aromatic rings. The molecule has 3 aliphatic heterocycles. The predicted molar refractivity (Wildman–Crippen MR) is 119 cm³/mol. The maximum Gasteiger partial charge on any atom is 0.325 e. The van der Waals surface area contributed by atoms with Gasteiger partial charge < -0.3 is 15.1 Å². The Morgan fingerprint density at radius 2 is 1.90 bits per heavy atom. The minimum atomic E-state index is -0.755. The number of carbonyl (C=O) groups excluding carboxylic acids is 3. The monoisotopic (exact) mass is 426 g/mol. The summed E-state index contributed by atoms with van der Waals surface area (Å²) in [5, 5.41) is 3.03. The van der Waals surface area contributed by atoms with Gasteiger partial charge in [-0.25, -0.2) is 4.79 Å². The zero-order valence-electron chi connectivity index (χ0n) is 18.7. The number of aryl methyl sites for hydroxylation is 1. The maximum absolute atomic E-state index is 13.4. The van der Waals surface area contributed by atoms with Gasteiger partial charge in [0.15, 0.2) is 0 Å². The van der Waals surface area contributed by atoms with E-state index in [9.17, 15) is 14.4 Å². The van der Waals surface area contributed by atoms with Crippen LogP contribution in [0.4, 0.5) is 4.79 Å². The standard InChI is InChI=1S/C24H34N4O3/c1-3-12-26-14-10-24(11-15-26)22(30)28(23(31)25-24)20-9-6-13-27(17-20)21(29)16-19-8-5-4-7-18(19)2/h4-5,7-8,20H,3,6,9-17H2,1-2H3,(H,25,31). The number of likely N-dealkylation sites (tertiary alicyclic amines) is 2. The van der Waals surface area contributed by atoms with E-state index >= 15 is 0 Å². The van der Waals surface area contributed by atoms with Crippen molar-refractivity contribution in [2.75, 3.05) is 32.7 Å². The van der Waals surface area contributed by atoms with Crippen LogP contribution in [0, 0.1) is 6.92 Å². The van der Waals surface area contributed by atoms with Gasteiger partial charge in [-0.1, -0.05) is 31.2 Å². The number of nitrogens with zero attached hydrogens (tertiary/aromatic N) is 3. The van der Waals surface area contributed by atoms with Crippen LogP contribution in [0.15, 0.2) is 24.3 Å². The van der Waals surface area contributed by atoms with Crippen LogP contribution in [0.2, 0.25) is 0 Å². The molecular formula is C24H34N4O3. The number of imide groups is 1. The molecule has 1 unspecified atom stereocenters. The van der Waals surface area contributed by atoms with E-state index in [1.54, 1.807) is 0 Å². The van der Waals surface area contributed by atoms with Crippen LogP contribution in [-0.4, -0.2) is 76.8 Å². The van der Waals surface area contributed by atoms with Crippen LogP contribution in [0.1, 0.15) is 50.2 Å². The molecule has 7 nitrogen and oxygen atoms in total. The predicted octanol–water partition coefficient (Wildman–Crippen LogP) is 2.32. The SMILES string of the molecule is CCCN1CCC2(CC1)NC(=O)N(C1CCCN(C(=O)Cc3ccccc3C)C1)C2=O. The molecule has 1 aromatic carbocycles. The van der Waals surface area contributed by atoms with Gasteiger partial charge in [0.25, 0.3) is 5.91 Å². The van der Waals surface area contributed by atoms with Crippen molar-refractivity contribution < 1.29 is 14.4 Å². The Morgan fingerprint density at radius 1 is 1.16 bits per heavy atom. The second-order valence-electron chi connectivity index (χ2n) is 9.27. The highest BCUT2D eigenvalue weighted by molar-refractivity contribution is 6.07. The Balaban J connectivity index is 1.41. The van der Waals surface area contributed by atoms with E-state index in [1.165, 1.54) is 4.90 Å². The molecule has 4 rings (SSSR count). The first-order chi connectivity index (χ1) is 14.9. The van der Waals surface area contributed by atoms with Gasteiger partial charge in [0.05, 0.1) is 12.5 Å². The molecule has 3 saturated heterocycles. The molecule has 168 valence electrons. The summed E-state index contributed by atoms with van der Waals surface area (Å²) in [7, 11) is 0. The van der Waals surface area contributed by atoms with E-state index in [-0.39, 0.29) is 23.9 Å². The number of piperidine rings is 2. The summed E-state index contributed by atoms with van der Waals surface area (Å²) in [6, 6.07) is 7.40. The van der Waals surface area contributed by atoms with Crippen LogP contribution in [-0.2, 0) is 16.0 Å². The molecule has 0 aromatic heterocycles. The Morgan fingerprint density at radius 3 is 2.61 bits per heavy atom. The summed E-state index contributed by atoms with van der Waals surface area (Å²) in [4.78, 5) is 44.8. The summed E-state index contributed by atoms with van der Waals surface area (Å²) in [5.74, 6) is -0.0273. The molecule has 3 heterocycles. The summed E-state index contributed by atoms with van der Waals surface area (Å²) < 4.78 is 0.